The Hall–Kier alpha value is -3.97. The molecule has 0 spiro atoms. The van der Waals surface area contributed by atoms with E-state index in [9.17, 15) is 14.4 Å². The van der Waals surface area contributed by atoms with E-state index < -0.39 is 0 Å². The van der Waals surface area contributed by atoms with Crippen LogP contribution >= 0.6 is 0 Å². The standard InChI is InChI=1S/C27H28N4O3/c1-30(2)16-15-28-25(32)17-19-11-13-20(14-12-19)29-26(33)18-31-23-9-5-3-7-21(23)27(34)22-8-4-6-10-24(22)31/h3-14H,15-18H2,1-2H3,(H,28,32)(H,29,33). The van der Waals surface area contributed by atoms with Crippen LogP contribution in [0, 0.1) is 0 Å². The second-order valence-electron chi connectivity index (χ2n) is 8.52. The molecule has 34 heavy (non-hydrogen) atoms. The third kappa shape index (κ3) is 5.32. The third-order valence-electron chi connectivity index (χ3n) is 5.66. The number of anilines is 1. The molecular formula is C27H28N4O3. The summed E-state index contributed by atoms with van der Waals surface area (Å²) in [7, 11) is 3.92. The van der Waals surface area contributed by atoms with Gasteiger partial charge in [-0.3, -0.25) is 14.4 Å². The fourth-order valence-corrected chi connectivity index (χ4v) is 3.96. The van der Waals surface area contributed by atoms with E-state index in [0.29, 0.717) is 23.0 Å². The van der Waals surface area contributed by atoms with E-state index in [2.05, 4.69) is 10.6 Å². The molecule has 2 amide bonds. The molecule has 0 bridgehead atoms. The average Bonchev–Trinajstić information content (AvgIpc) is 2.83. The minimum atomic E-state index is -0.201. The number of para-hydroxylation sites is 2. The van der Waals surface area contributed by atoms with Crippen molar-refractivity contribution in [2.75, 3.05) is 32.5 Å². The highest BCUT2D eigenvalue weighted by atomic mass is 16.2. The fourth-order valence-electron chi connectivity index (χ4n) is 3.96. The van der Waals surface area contributed by atoms with Crippen LogP contribution in [0.1, 0.15) is 5.56 Å². The van der Waals surface area contributed by atoms with Gasteiger partial charge in [-0.05, 0) is 56.1 Å². The van der Waals surface area contributed by atoms with Crippen LogP contribution in [0.2, 0.25) is 0 Å². The predicted molar refractivity (Wildman–Crippen MR) is 136 cm³/mol. The maximum atomic E-state index is 12.9. The normalized spacial score (nSPS) is 11.1. The van der Waals surface area contributed by atoms with Crippen LogP contribution in [0.25, 0.3) is 21.8 Å². The van der Waals surface area contributed by atoms with Crippen molar-refractivity contribution in [2.45, 2.75) is 13.0 Å². The van der Waals surface area contributed by atoms with Crippen LogP contribution in [0.3, 0.4) is 0 Å². The van der Waals surface area contributed by atoms with Crippen molar-refractivity contribution in [3.63, 3.8) is 0 Å². The summed E-state index contributed by atoms with van der Waals surface area (Å²) < 4.78 is 1.87. The molecule has 0 saturated carbocycles. The molecule has 2 N–H and O–H groups in total. The van der Waals surface area contributed by atoms with Gasteiger partial charge in [-0.25, -0.2) is 0 Å². The highest BCUT2D eigenvalue weighted by Gasteiger charge is 2.13. The zero-order valence-corrected chi connectivity index (χ0v) is 19.4. The Bertz CT molecular complexity index is 1330. The second kappa shape index (κ2) is 10.3. The monoisotopic (exact) mass is 456 g/mol. The van der Waals surface area contributed by atoms with Crippen molar-refractivity contribution in [1.29, 1.82) is 0 Å². The van der Waals surface area contributed by atoms with Gasteiger partial charge in [-0.15, -0.1) is 0 Å². The van der Waals surface area contributed by atoms with Crippen molar-refractivity contribution in [1.82, 2.24) is 14.8 Å². The number of hydrogen-bond donors (Lipinski definition) is 2. The largest absolute Gasteiger partial charge is 0.355 e. The van der Waals surface area contributed by atoms with Gasteiger partial charge in [-0.1, -0.05) is 36.4 Å². The molecule has 174 valence electrons. The van der Waals surface area contributed by atoms with Crippen molar-refractivity contribution >= 4 is 39.3 Å². The van der Waals surface area contributed by atoms with Crippen molar-refractivity contribution in [3.05, 3.63) is 88.6 Å². The first-order valence-electron chi connectivity index (χ1n) is 11.2. The fraction of sp³-hybridized carbons (Fsp3) is 0.222. The van der Waals surface area contributed by atoms with Crippen molar-refractivity contribution in [2.24, 2.45) is 0 Å². The van der Waals surface area contributed by atoms with Gasteiger partial charge in [0.05, 0.1) is 17.5 Å². The minimum Gasteiger partial charge on any atom is -0.355 e. The first-order valence-corrected chi connectivity index (χ1v) is 11.2. The number of amides is 2. The number of aromatic nitrogens is 1. The molecule has 1 heterocycles. The first kappa shape index (κ1) is 23.2. The second-order valence-corrected chi connectivity index (χ2v) is 8.52. The van der Waals surface area contributed by atoms with E-state index in [1.54, 1.807) is 24.3 Å². The smallest absolute Gasteiger partial charge is 0.244 e. The SMILES string of the molecule is CN(C)CCNC(=O)Cc1ccc(NC(=O)Cn2c3ccccc3c(=O)c3ccccc32)cc1. The van der Waals surface area contributed by atoms with Gasteiger partial charge in [-0.2, -0.15) is 0 Å². The van der Waals surface area contributed by atoms with Gasteiger partial charge in [0.15, 0.2) is 5.43 Å². The molecule has 0 fully saturated rings. The lowest BCUT2D eigenvalue weighted by atomic mass is 10.1. The number of carbonyl (C=O) groups excluding carboxylic acids is 2. The molecule has 7 nitrogen and oxygen atoms in total. The topological polar surface area (TPSA) is 83.4 Å². The highest BCUT2D eigenvalue weighted by Crippen LogP contribution is 2.19. The number of rotatable bonds is 8. The molecule has 3 aromatic carbocycles. The number of likely N-dealkylation sites (N-methyl/N-ethyl adjacent to an activating group) is 1. The van der Waals surface area contributed by atoms with Crippen LogP contribution in [-0.4, -0.2) is 48.5 Å². The quantitative estimate of drug-likeness (QED) is 0.399. The molecule has 0 aliphatic heterocycles. The summed E-state index contributed by atoms with van der Waals surface area (Å²) in [5.41, 5.74) is 2.92. The summed E-state index contributed by atoms with van der Waals surface area (Å²) >= 11 is 0. The summed E-state index contributed by atoms with van der Waals surface area (Å²) in [6.07, 6.45) is 0.289. The molecule has 7 heteroatoms. The lowest BCUT2D eigenvalue weighted by Gasteiger charge is -2.15. The van der Waals surface area contributed by atoms with Crippen LogP contribution in [0.5, 0.6) is 0 Å². The Labute approximate surface area is 198 Å². The van der Waals surface area contributed by atoms with Crippen molar-refractivity contribution < 1.29 is 9.59 Å². The maximum Gasteiger partial charge on any atom is 0.244 e. The predicted octanol–water partition coefficient (Wildman–Crippen LogP) is 3.01. The van der Waals surface area contributed by atoms with Crippen LogP contribution in [-0.2, 0) is 22.6 Å². The Balaban J connectivity index is 1.47. The van der Waals surface area contributed by atoms with Gasteiger partial charge in [0.2, 0.25) is 11.8 Å². The zero-order valence-electron chi connectivity index (χ0n) is 19.4. The summed E-state index contributed by atoms with van der Waals surface area (Å²) in [6.45, 7) is 1.46. The molecule has 0 aliphatic rings. The average molecular weight is 457 g/mol. The molecule has 4 aromatic rings. The van der Waals surface area contributed by atoms with Gasteiger partial charge in [0.25, 0.3) is 0 Å². The summed E-state index contributed by atoms with van der Waals surface area (Å²) in [4.78, 5) is 39.9. The molecule has 0 atom stereocenters. The molecule has 0 radical (unpaired) electrons. The number of nitrogens with one attached hydrogen (secondary N) is 2. The number of fused-ring (bicyclic) bond motifs is 2. The van der Waals surface area contributed by atoms with Gasteiger partial charge >= 0.3 is 0 Å². The maximum absolute atomic E-state index is 12.9. The molecular weight excluding hydrogens is 428 g/mol. The van der Waals surface area contributed by atoms with Crippen LogP contribution in [0.15, 0.2) is 77.6 Å². The Morgan fingerprint density at radius 2 is 1.41 bits per heavy atom. The lowest BCUT2D eigenvalue weighted by Crippen LogP contribution is -2.32. The molecule has 1 aromatic heterocycles. The van der Waals surface area contributed by atoms with Crippen LogP contribution < -0.4 is 16.1 Å². The Morgan fingerprint density at radius 3 is 2.00 bits per heavy atom. The Morgan fingerprint density at radius 1 is 0.824 bits per heavy atom. The highest BCUT2D eigenvalue weighted by molar-refractivity contribution is 5.97. The summed E-state index contributed by atoms with van der Waals surface area (Å²) in [6, 6.07) is 21.9. The number of pyridine rings is 1. The molecule has 0 unspecified atom stereocenters. The number of benzene rings is 3. The van der Waals surface area contributed by atoms with E-state index >= 15 is 0 Å². The van der Waals surface area contributed by atoms with Crippen molar-refractivity contribution in [3.8, 4) is 0 Å². The van der Waals surface area contributed by atoms with Gasteiger partial charge < -0.3 is 20.1 Å². The molecule has 0 saturated heterocycles. The third-order valence-corrected chi connectivity index (χ3v) is 5.66. The summed E-state index contributed by atoms with van der Waals surface area (Å²) in [5.74, 6) is -0.233. The van der Waals surface area contributed by atoms with E-state index in [-0.39, 0.29) is 30.2 Å². The van der Waals surface area contributed by atoms with E-state index in [1.165, 1.54) is 0 Å². The Kier molecular flexibility index (Phi) is 7.04. The lowest BCUT2D eigenvalue weighted by molar-refractivity contribution is -0.120. The molecule has 0 aliphatic carbocycles. The van der Waals surface area contributed by atoms with E-state index in [4.69, 9.17) is 0 Å². The first-order chi connectivity index (χ1) is 16.4. The number of hydrogen-bond acceptors (Lipinski definition) is 4. The van der Waals surface area contributed by atoms with Gasteiger partial charge in [0.1, 0.15) is 6.54 Å². The zero-order chi connectivity index (χ0) is 24.1. The van der Waals surface area contributed by atoms with E-state index in [1.807, 2.05) is 72.1 Å². The number of nitrogens with zero attached hydrogens (tertiary/aromatic N) is 2. The molecule has 4 rings (SSSR count). The number of carbonyl (C=O) groups is 2. The summed E-state index contributed by atoms with van der Waals surface area (Å²) in [5, 5.41) is 6.98. The minimum absolute atomic E-state index is 0.0318. The van der Waals surface area contributed by atoms with E-state index in [0.717, 1.165) is 23.1 Å². The van der Waals surface area contributed by atoms with Crippen LogP contribution in [0.4, 0.5) is 5.69 Å². The van der Waals surface area contributed by atoms with Gasteiger partial charge in [0, 0.05) is 29.5 Å².